The lowest BCUT2D eigenvalue weighted by atomic mass is 10.1. The molecule has 0 spiro atoms. The highest BCUT2D eigenvalue weighted by atomic mass is 32.1. The Hall–Kier alpha value is -2.80. The first-order chi connectivity index (χ1) is 12.0. The Balaban J connectivity index is 1.98. The predicted octanol–water partition coefficient (Wildman–Crippen LogP) is 3.61. The van der Waals surface area contributed by atoms with E-state index < -0.39 is 4.92 Å². The number of hydrogen-bond acceptors (Lipinski definition) is 4. The smallest absolute Gasteiger partial charge is 0.271 e. The molecule has 0 fully saturated rings. The monoisotopic (exact) mass is 355 g/mol. The SMILES string of the molecule is CCn1c(=NC(=O)Cc2ccc(C)cc2)sc2ccc([N+](=O)[O-])cc21. The Morgan fingerprint density at radius 3 is 2.60 bits per heavy atom. The standard InChI is InChI=1S/C18H17N3O3S/c1-3-20-15-11-14(21(23)24)8-9-16(15)25-18(20)19-17(22)10-13-6-4-12(2)5-7-13/h4-9,11H,3,10H2,1-2H3. The Kier molecular flexibility index (Phi) is 4.76. The zero-order valence-corrected chi connectivity index (χ0v) is 14.7. The van der Waals surface area contributed by atoms with Gasteiger partial charge >= 0.3 is 0 Å². The van der Waals surface area contributed by atoms with Crippen molar-refractivity contribution in [2.24, 2.45) is 4.99 Å². The summed E-state index contributed by atoms with van der Waals surface area (Å²) in [7, 11) is 0. The topological polar surface area (TPSA) is 77.5 Å². The first kappa shape index (κ1) is 17.0. The molecule has 1 heterocycles. The largest absolute Gasteiger partial charge is 0.316 e. The number of carbonyl (C=O) groups excluding carboxylic acids is 1. The van der Waals surface area contributed by atoms with Crippen LogP contribution in [0.1, 0.15) is 18.1 Å². The van der Waals surface area contributed by atoms with Gasteiger partial charge in [-0.2, -0.15) is 4.99 Å². The molecule has 0 unspecified atom stereocenters. The van der Waals surface area contributed by atoms with Gasteiger partial charge in [0.1, 0.15) is 0 Å². The van der Waals surface area contributed by atoms with Crippen LogP contribution in [0.4, 0.5) is 5.69 Å². The van der Waals surface area contributed by atoms with E-state index in [1.54, 1.807) is 6.07 Å². The first-order valence-electron chi connectivity index (χ1n) is 7.89. The number of fused-ring (bicyclic) bond motifs is 1. The molecule has 7 heteroatoms. The van der Waals surface area contributed by atoms with Gasteiger partial charge in [-0.05, 0) is 25.5 Å². The molecule has 0 aliphatic rings. The van der Waals surface area contributed by atoms with Gasteiger partial charge < -0.3 is 4.57 Å². The molecule has 0 aliphatic carbocycles. The third kappa shape index (κ3) is 3.66. The summed E-state index contributed by atoms with van der Waals surface area (Å²) in [6.45, 7) is 4.50. The van der Waals surface area contributed by atoms with Crippen LogP contribution in [-0.4, -0.2) is 15.4 Å². The molecule has 2 aromatic carbocycles. The molecule has 0 radical (unpaired) electrons. The molecule has 0 bridgehead atoms. The number of nitrogens with zero attached hydrogens (tertiary/aromatic N) is 3. The molecule has 6 nitrogen and oxygen atoms in total. The Bertz CT molecular complexity index is 1020. The Labute approximate surface area is 148 Å². The number of aromatic nitrogens is 1. The van der Waals surface area contributed by atoms with E-state index in [4.69, 9.17) is 0 Å². The van der Waals surface area contributed by atoms with Crippen LogP contribution in [0.5, 0.6) is 0 Å². The second kappa shape index (κ2) is 6.98. The van der Waals surface area contributed by atoms with E-state index in [2.05, 4.69) is 4.99 Å². The van der Waals surface area contributed by atoms with E-state index in [1.165, 1.54) is 23.5 Å². The average molecular weight is 355 g/mol. The van der Waals surface area contributed by atoms with E-state index in [0.717, 1.165) is 21.3 Å². The molecule has 0 saturated carbocycles. The van der Waals surface area contributed by atoms with E-state index >= 15 is 0 Å². The van der Waals surface area contributed by atoms with Crippen molar-refractivity contribution in [2.75, 3.05) is 0 Å². The summed E-state index contributed by atoms with van der Waals surface area (Å²) in [6, 6.07) is 12.5. The lowest BCUT2D eigenvalue weighted by Crippen LogP contribution is -2.16. The number of rotatable bonds is 4. The van der Waals surface area contributed by atoms with Crippen LogP contribution in [-0.2, 0) is 17.8 Å². The fraction of sp³-hybridized carbons (Fsp3) is 0.222. The maximum Gasteiger partial charge on any atom is 0.271 e. The summed E-state index contributed by atoms with van der Waals surface area (Å²) in [5, 5.41) is 11.0. The summed E-state index contributed by atoms with van der Waals surface area (Å²) < 4.78 is 2.70. The zero-order chi connectivity index (χ0) is 18.0. The van der Waals surface area contributed by atoms with Gasteiger partial charge in [-0.25, -0.2) is 0 Å². The van der Waals surface area contributed by atoms with Crippen molar-refractivity contribution >= 4 is 33.1 Å². The summed E-state index contributed by atoms with van der Waals surface area (Å²) in [5.41, 5.74) is 2.82. The zero-order valence-electron chi connectivity index (χ0n) is 13.9. The highest BCUT2D eigenvalue weighted by Crippen LogP contribution is 2.23. The number of carbonyl (C=O) groups is 1. The molecule has 1 amide bonds. The fourth-order valence-electron chi connectivity index (χ4n) is 2.59. The van der Waals surface area contributed by atoms with Gasteiger partial charge in [0.15, 0.2) is 4.80 Å². The van der Waals surface area contributed by atoms with E-state index in [9.17, 15) is 14.9 Å². The van der Waals surface area contributed by atoms with Crippen LogP contribution >= 0.6 is 11.3 Å². The second-order valence-electron chi connectivity index (χ2n) is 5.71. The Morgan fingerprint density at radius 2 is 1.96 bits per heavy atom. The van der Waals surface area contributed by atoms with Crippen LogP contribution < -0.4 is 4.80 Å². The van der Waals surface area contributed by atoms with Crippen LogP contribution in [0, 0.1) is 17.0 Å². The number of amides is 1. The summed E-state index contributed by atoms with van der Waals surface area (Å²) in [5.74, 6) is -0.230. The highest BCUT2D eigenvalue weighted by molar-refractivity contribution is 7.16. The first-order valence-corrected chi connectivity index (χ1v) is 8.70. The van der Waals surface area contributed by atoms with Crippen LogP contribution in [0.2, 0.25) is 0 Å². The molecule has 0 N–H and O–H groups in total. The summed E-state index contributed by atoms with van der Waals surface area (Å²) >= 11 is 1.36. The molecule has 25 heavy (non-hydrogen) atoms. The van der Waals surface area contributed by atoms with Gasteiger partial charge in [-0.1, -0.05) is 41.2 Å². The molecule has 128 valence electrons. The minimum absolute atomic E-state index is 0.0324. The van der Waals surface area contributed by atoms with Crippen molar-refractivity contribution in [1.29, 1.82) is 0 Å². The molecule has 0 atom stereocenters. The summed E-state index contributed by atoms with van der Waals surface area (Å²) in [6.07, 6.45) is 0.235. The van der Waals surface area contributed by atoms with Gasteiger partial charge in [0.05, 0.1) is 21.6 Å². The molecule has 1 aromatic heterocycles. The third-order valence-electron chi connectivity index (χ3n) is 3.89. The van der Waals surface area contributed by atoms with E-state index in [-0.39, 0.29) is 18.0 Å². The van der Waals surface area contributed by atoms with Crippen molar-refractivity contribution in [2.45, 2.75) is 26.8 Å². The molecular weight excluding hydrogens is 338 g/mol. The van der Waals surface area contributed by atoms with Crippen LogP contribution in [0.3, 0.4) is 0 Å². The van der Waals surface area contributed by atoms with Gasteiger partial charge in [-0.3, -0.25) is 14.9 Å². The normalized spacial score (nSPS) is 11.8. The minimum Gasteiger partial charge on any atom is -0.316 e. The average Bonchev–Trinajstić information content (AvgIpc) is 2.92. The molecule has 0 saturated heterocycles. The number of non-ortho nitro benzene ring substituents is 1. The number of benzene rings is 2. The van der Waals surface area contributed by atoms with Gasteiger partial charge in [0.25, 0.3) is 11.6 Å². The maximum absolute atomic E-state index is 12.3. The molecule has 3 aromatic rings. The van der Waals surface area contributed by atoms with Crippen LogP contribution in [0.25, 0.3) is 10.2 Å². The molecule has 0 aliphatic heterocycles. The number of thiazole rings is 1. The van der Waals surface area contributed by atoms with Gasteiger partial charge in [-0.15, -0.1) is 0 Å². The van der Waals surface area contributed by atoms with Gasteiger partial charge in [0, 0.05) is 18.7 Å². The third-order valence-corrected chi connectivity index (χ3v) is 4.95. The summed E-state index contributed by atoms with van der Waals surface area (Å²) in [4.78, 5) is 27.7. The minimum atomic E-state index is -0.420. The van der Waals surface area contributed by atoms with Crippen molar-refractivity contribution in [3.05, 3.63) is 68.5 Å². The second-order valence-corrected chi connectivity index (χ2v) is 6.72. The van der Waals surface area contributed by atoms with Crippen molar-refractivity contribution in [3.8, 4) is 0 Å². The van der Waals surface area contributed by atoms with Gasteiger partial charge in [0.2, 0.25) is 0 Å². The quantitative estimate of drug-likeness (QED) is 0.530. The Morgan fingerprint density at radius 1 is 1.24 bits per heavy atom. The van der Waals surface area contributed by atoms with E-state index in [0.29, 0.717) is 11.3 Å². The number of aryl methyl sites for hydroxylation is 2. The maximum atomic E-state index is 12.3. The van der Waals surface area contributed by atoms with Crippen molar-refractivity contribution < 1.29 is 9.72 Å². The van der Waals surface area contributed by atoms with Crippen molar-refractivity contribution in [3.63, 3.8) is 0 Å². The highest BCUT2D eigenvalue weighted by Gasteiger charge is 2.12. The fourth-order valence-corrected chi connectivity index (χ4v) is 3.68. The lowest BCUT2D eigenvalue weighted by Gasteiger charge is -2.01. The predicted molar refractivity (Wildman–Crippen MR) is 97.6 cm³/mol. The molecule has 3 rings (SSSR count). The number of hydrogen-bond donors (Lipinski definition) is 0. The van der Waals surface area contributed by atoms with E-state index in [1.807, 2.05) is 42.7 Å². The number of nitro groups is 1. The van der Waals surface area contributed by atoms with Crippen molar-refractivity contribution in [1.82, 2.24) is 4.57 Å². The lowest BCUT2D eigenvalue weighted by molar-refractivity contribution is -0.384. The number of nitro benzene ring substituents is 1. The van der Waals surface area contributed by atoms with Crippen LogP contribution in [0.15, 0.2) is 47.5 Å². The molecular formula is C18H17N3O3S.